The molecule has 7 heteroatoms. The van der Waals surface area contributed by atoms with Gasteiger partial charge in [0.15, 0.2) is 5.41 Å². The van der Waals surface area contributed by atoms with Crippen molar-refractivity contribution in [3.05, 3.63) is 0 Å². The summed E-state index contributed by atoms with van der Waals surface area (Å²) in [6, 6.07) is 0. The normalized spacial score (nSPS) is 45.5. The molecule has 0 bridgehead atoms. The Labute approximate surface area is 121 Å². The third-order valence-corrected chi connectivity index (χ3v) is 5.50. The van der Waals surface area contributed by atoms with Crippen LogP contribution in [0, 0.1) is 10.8 Å². The molecule has 1 saturated carbocycles. The van der Waals surface area contributed by atoms with Crippen LogP contribution < -0.4 is 0 Å². The van der Waals surface area contributed by atoms with Gasteiger partial charge in [-0.15, -0.1) is 0 Å². The van der Waals surface area contributed by atoms with Crippen LogP contribution in [0.2, 0.25) is 0 Å². The average molecular weight is 298 g/mol. The summed E-state index contributed by atoms with van der Waals surface area (Å²) < 4.78 is 16.2. The molecule has 1 aliphatic carbocycles. The van der Waals surface area contributed by atoms with Crippen molar-refractivity contribution < 1.29 is 34.0 Å². The van der Waals surface area contributed by atoms with Gasteiger partial charge in [0, 0.05) is 5.41 Å². The first-order valence-corrected chi connectivity index (χ1v) is 7.35. The van der Waals surface area contributed by atoms with Crippen molar-refractivity contribution >= 4 is 11.9 Å². The van der Waals surface area contributed by atoms with Crippen molar-refractivity contribution in [1.29, 1.82) is 0 Å². The molecule has 3 heterocycles. The van der Waals surface area contributed by atoms with Gasteiger partial charge in [-0.2, -0.15) is 0 Å². The molecular formula is C14H18O7. The first-order valence-electron chi connectivity index (χ1n) is 7.35. The zero-order valence-corrected chi connectivity index (χ0v) is 11.5. The Kier molecular flexibility index (Phi) is 2.68. The third-order valence-electron chi connectivity index (χ3n) is 5.50. The van der Waals surface area contributed by atoms with E-state index < -0.39 is 22.8 Å². The largest absolute Gasteiger partial charge is 0.480 e. The predicted octanol–water partition coefficient (Wildman–Crippen LogP) is 0.267. The van der Waals surface area contributed by atoms with Gasteiger partial charge < -0.3 is 24.4 Å². The Morgan fingerprint density at radius 2 is 1.57 bits per heavy atom. The van der Waals surface area contributed by atoms with E-state index in [9.17, 15) is 19.8 Å². The molecule has 4 unspecified atom stereocenters. The number of carbonyl (C=O) groups is 2. The number of rotatable bonds is 6. The van der Waals surface area contributed by atoms with E-state index in [1.807, 2.05) is 0 Å². The molecular weight excluding hydrogens is 280 g/mol. The summed E-state index contributed by atoms with van der Waals surface area (Å²) in [7, 11) is 0. The van der Waals surface area contributed by atoms with Crippen LogP contribution in [0.3, 0.4) is 0 Å². The number of hydrogen-bond donors (Lipinski definition) is 2. The van der Waals surface area contributed by atoms with Crippen LogP contribution in [0.25, 0.3) is 0 Å². The minimum atomic E-state index is -1.80. The monoisotopic (exact) mass is 298 g/mol. The lowest BCUT2D eigenvalue weighted by atomic mass is 9.52. The fourth-order valence-electron chi connectivity index (χ4n) is 4.28. The van der Waals surface area contributed by atoms with Crippen LogP contribution in [0.1, 0.15) is 25.7 Å². The van der Waals surface area contributed by atoms with Crippen LogP contribution >= 0.6 is 0 Å². The fraction of sp³-hybridized carbons (Fsp3) is 0.857. The second kappa shape index (κ2) is 4.18. The summed E-state index contributed by atoms with van der Waals surface area (Å²) in [6.45, 7) is 1.14. The molecule has 4 fully saturated rings. The van der Waals surface area contributed by atoms with Crippen LogP contribution in [0.5, 0.6) is 0 Å². The van der Waals surface area contributed by atoms with Gasteiger partial charge in [0.1, 0.15) is 0 Å². The summed E-state index contributed by atoms with van der Waals surface area (Å²) in [4.78, 5) is 24.0. The number of fused-ring (bicyclic) bond motifs is 1. The molecule has 3 aliphatic heterocycles. The molecule has 2 N–H and O–H groups in total. The van der Waals surface area contributed by atoms with E-state index in [2.05, 4.69) is 0 Å². The molecule has 7 nitrogen and oxygen atoms in total. The molecule has 0 amide bonds. The minimum absolute atomic E-state index is 0.00525. The van der Waals surface area contributed by atoms with Crippen molar-refractivity contribution in [3.63, 3.8) is 0 Å². The molecule has 3 saturated heterocycles. The third kappa shape index (κ3) is 1.84. The summed E-state index contributed by atoms with van der Waals surface area (Å²) >= 11 is 0. The highest BCUT2D eigenvalue weighted by molar-refractivity contribution is 5.99. The summed E-state index contributed by atoms with van der Waals surface area (Å²) in [5.41, 5.74) is -2.74. The van der Waals surface area contributed by atoms with E-state index in [0.29, 0.717) is 32.5 Å². The molecule has 4 aliphatic rings. The second-order valence-corrected chi connectivity index (χ2v) is 6.62. The van der Waals surface area contributed by atoms with Crippen molar-refractivity contribution in [2.24, 2.45) is 10.8 Å². The van der Waals surface area contributed by atoms with E-state index in [1.165, 1.54) is 0 Å². The van der Waals surface area contributed by atoms with Crippen LogP contribution in [0.4, 0.5) is 0 Å². The first-order chi connectivity index (χ1) is 9.99. The maximum atomic E-state index is 12.0. The van der Waals surface area contributed by atoms with E-state index in [0.717, 1.165) is 0 Å². The average Bonchev–Trinajstić information content (AvgIpc) is 3.23. The van der Waals surface area contributed by atoms with Crippen molar-refractivity contribution in [2.45, 2.75) is 50.1 Å². The Bertz CT molecular complexity index is 466. The molecule has 0 spiro atoms. The maximum absolute atomic E-state index is 12.0. The second-order valence-electron chi connectivity index (χ2n) is 6.62. The van der Waals surface area contributed by atoms with E-state index in [-0.39, 0.29) is 30.8 Å². The molecule has 0 aromatic heterocycles. The van der Waals surface area contributed by atoms with Crippen LogP contribution in [-0.2, 0) is 23.8 Å². The topological polar surface area (TPSA) is 112 Å². The fourth-order valence-corrected chi connectivity index (χ4v) is 4.28. The standard InChI is InChI=1S/C14H18O7/c15-11(16)14(12(17)18)2-1-9-10(21-9)13(14,3-7-5-19-7)4-8-6-20-8/h7-10H,1-6H2,(H,15,16)(H,17,18). The molecule has 4 rings (SSSR count). The predicted molar refractivity (Wildman–Crippen MR) is 66.7 cm³/mol. The van der Waals surface area contributed by atoms with Gasteiger partial charge >= 0.3 is 11.9 Å². The van der Waals surface area contributed by atoms with Gasteiger partial charge in [0.25, 0.3) is 0 Å². The van der Waals surface area contributed by atoms with Crippen molar-refractivity contribution in [3.8, 4) is 0 Å². The lowest BCUT2D eigenvalue weighted by molar-refractivity contribution is -0.182. The number of carboxylic acid groups (broad SMARTS) is 2. The van der Waals surface area contributed by atoms with E-state index in [4.69, 9.17) is 14.2 Å². The molecule has 0 radical (unpaired) electrons. The Balaban J connectivity index is 1.79. The van der Waals surface area contributed by atoms with Gasteiger partial charge in [0.2, 0.25) is 0 Å². The molecule has 21 heavy (non-hydrogen) atoms. The molecule has 0 aromatic carbocycles. The highest BCUT2D eigenvalue weighted by atomic mass is 16.6. The Hall–Kier alpha value is -1.18. The van der Waals surface area contributed by atoms with Gasteiger partial charge in [-0.25, -0.2) is 0 Å². The zero-order chi connectivity index (χ0) is 14.8. The Morgan fingerprint density at radius 3 is 2.00 bits per heavy atom. The number of ether oxygens (including phenoxy) is 3. The lowest BCUT2D eigenvalue weighted by Crippen LogP contribution is -2.59. The molecule has 0 aromatic rings. The molecule has 116 valence electrons. The van der Waals surface area contributed by atoms with Gasteiger partial charge in [-0.3, -0.25) is 9.59 Å². The SMILES string of the molecule is O=C(O)C1(C(=O)O)CCC2OC2C1(CC1CO1)CC1CO1. The summed E-state index contributed by atoms with van der Waals surface area (Å²) in [5.74, 6) is -2.52. The Morgan fingerprint density at radius 1 is 1.05 bits per heavy atom. The number of hydrogen-bond acceptors (Lipinski definition) is 5. The van der Waals surface area contributed by atoms with Crippen molar-refractivity contribution in [1.82, 2.24) is 0 Å². The van der Waals surface area contributed by atoms with Crippen LogP contribution in [-0.4, -0.2) is 59.8 Å². The first kappa shape index (κ1) is 13.5. The van der Waals surface area contributed by atoms with Crippen LogP contribution in [0.15, 0.2) is 0 Å². The van der Waals surface area contributed by atoms with E-state index in [1.54, 1.807) is 0 Å². The molecule has 4 atom stereocenters. The smallest absolute Gasteiger partial charge is 0.321 e. The lowest BCUT2D eigenvalue weighted by Gasteiger charge is -2.46. The number of aliphatic carboxylic acids is 2. The van der Waals surface area contributed by atoms with Gasteiger partial charge in [-0.05, 0) is 25.7 Å². The minimum Gasteiger partial charge on any atom is -0.480 e. The van der Waals surface area contributed by atoms with Gasteiger partial charge in [-0.1, -0.05) is 0 Å². The summed E-state index contributed by atoms with van der Waals surface area (Å²) in [5, 5.41) is 19.6. The van der Waals surface area contributed by atoms with Gasteiger partial charge in [0.05, 0.1) is 37.6 Å². The number of carboxylic acids is 2. The number of epoxide rings is 3. The highest BCUT2D eigenvalue weighted by Gasteiger charge is 2.75. The van der Waals surface area contributed by atoms with Crippen molar-refractivity contribution in [2.75, 3.05) is 13.2 Å². The maximum Gasteiger partial charge on any atom is 0.321 e. The van der Waals surface area contributed by atoms with E-state index >= 15 is 0 Å². The summed E-state index contributed by atoms with van der Waals surface area (Å²) in [6.07, 6.45) is 1.04. The quantitative estimate of drug-likeness (QED) is 0.534. The highest BCUT2D eigenvalue weighted by Crippen LogP contribution is 2.64. The zero-order valence-electron chi connectivity index (χ0n) is 11.5.